The van der Waals surface area contributed by atoms with Gasteiger partial charge in [-0.15, -0.1) is 0 Å². The number of anilines is 2. The number of benzene rings is 1. The summed E-state index contributed by atoms with van der Waals surface area (Å²) in [5.74, 6) is 0.394. The molecule has 2 fully saturated rings. The smallest absolute Gasteiger partial charge is 0.253 e. The molecule has 4 rings (SSSR count). The van der Waals surface area contributed by atoms with Gasteiger partial charge in [-0.05, 0) is 49.9 Å². The molecule has 1 aromatic heterocycles. The molecular formula is C22H27N5O2. The van der Waals surface area contributed by atoms with Gasteiger partial charge in [0.2, 0.25) is 5.91 Å². The second-order valence-electron chi connectivity index (χ2n) is 7.85. The Morgan fingerprint density at radius 3 is 2.72 bits per heavy atom. The maximum atomic E-state index is 13.2. The average Bonchev–Trinajstić information content (AvgIpc) is 3.38. The van der Waals surface area contributed by atoms with Gasteiger partial charge in [-0.3, -0.25) is 9.59 Å². The third kappa shape index (κ3) is 4.04. The van der Waals surface area contributed by atoms with Crippen LogP contribution < -0.4 is 16.0 Å². The van der Waals surface area contributed by atoms with Gasteiger partial charge >= 0.3 is 0 Å². The molecule has 29 heavy (non-hydrogen) atoms. The lowest BCUT2D eigenvalue weighted by atomic mass is 10.1. The first kappa shape index (κ1) is 19.2. The minimum absolute atomic E-state index is 0.0463. The zero-order valence-electron chi connectivity index (χ0n) is 16.7. The molecule has 7 nitrogen and oxygen atoms in total. The van der Waals surface area contributed by atoms with Gasteiger partial charge in [0, 0.05) is 37.6 Å². The Bertz CT molecular complexity index is 901. The highest BCUT2D eigenvalue weighted by Crippen LogP contribution is 2.27. The number of carbonyl (C=O) groups excluding carboxylic acids is 2. The highest BCUT2D eigenvalue weighted by atomic mass is 16.2. The number of amides is 2. The predicted octanol–water partition coefficient (Wildman–Crippen LogP) is 1.97. The van der Waals surface area contributed by atoms with E-state index >= 15 is 0 Å². The first-order chi connectivity index (χ1) is 14.0. The number of carbonyl (C=O) groups is 2. The SMILES string of the molecule is Cc1cc(N)ncc1C(=O)N[C@@H]1CCN(C(=O)C2CCCN2c2ccccc2)C1. The minimum atomic E-state index is -0.166. The Morgan fingerprint density at radius 2 is 1.97 bits per heavy atom. The molecule has 2 atom stereocenters. The van der Waals surface area contributed by atoms with Crippen molar-refractivity contribution >= 4 is 23.3 Å². The van der Waals surface area contributed by atoms with Crippen molar-refractivity contribution in [2.24, 2.45) is 0 Å². The molecule has 1 unspecified atom stereocenters. The van der Waals surface area contributed by atoms with E-state index in [0.717, 1.165) is 37.1 Å². The molecular weight excluding hydrogens is 366 g/mol. The molecule has 7 heteroatoms. The number of rotatable bonds is 4. The Kier molecular flexibility index (Phi) is 5.38. The normalized spacial score (nSPS) is 21.4. The number of nitrogens with two attached hydrogens (primary N) is 1. The highest BCUT2D eigenvalue weighted by Gasteiger charge is 2.37. The van der Waals surface area contributed by atoms with Crippen molar-refractivity contribution in [2.45, 2.75) is 38.3 Å². The van der Waals surface area contributed by atoms with Gasteiger partial charge in [-0.1, -0.05) is 18.2 Å². The summed E-state index contributed by atoms with van der Waals surface area (Å²) in [5.41, 5.74) is 8.08. The van der Waals surface area contributed by atoms with Crippen LogP contribution in [0.5, 0.6) is 0 Å². The Balaban J connectivity index is 1.38. The molecule has 3 heterocycles. The van der Waals surface area contributed by atoms with Crippen molar-refractivity contribution in [1.82, 2.24) is 15.2 Å². The molecule has 0 bridgehead atoms. The Labute approximate surface area is 170 Å². The Hall–Kier alpha value is -3.09. The summed E-state index contributed by atoms with van der Waals surface area (Å²) >= 11 is 0. The number of aromatic nitrogens is 1. The maximum absolute atomic E-state index is 13.2. The molecule has 0 spiro atoms. The van der Waals surface area contributed by atoms with E-state index in [1.54, 1.807) is 6.07 Å². The number of pyridine rings is 1. The summed E-state index contributed by atoms with van der Waals surface area (Å²) < 4.78 is 0. The van der Waals surface area contributed by atoms with Crippen LogP contribution >= 0.6 is 0 Å². The molecule has 3 N–H and O–H groups in total. The molecule has 0 aliphatic carbocycles. The molecule has 0 radical (unpaired) electrons. The minimum Gasteiger partial charge on any atom is -0.384 e. The van der Waals surface area contributed by atoms with Crippen LogP contribution in [-0.2, 0) is 4.79 Å². The largest absolute Gasteiger partial charge is 0.384 e. The van der Waals surface area contributed by atoms with Crippen molar-refractivity contribution < 1.29 is 9.59 Å². The maximum Gasteiger partial charge on any atom is 0.253 e. The number of nitrogens with zero attached hydrogens (tertiary/aromatic N) is 3. The van der Waals surface area contributed by atoms with Crippen LogP contribution in [0.15, 0.2) is 42.6 Å². The fourth-order valence-corrected chi connectivity index (χ4v) is 4.32. The van der Waals surface area contributed by atoms with Gasteiger partial charge in [0.05, 0.1) is 5.56 Å². The number of likely N-dealkylation sites (tertiary alicyclic amines) is 1. The number of para-hydroxylation sites is 1. The summed E-state index contributed by atoms with van der Waals surface area (Å²) in [5, 5.41) is 3.05. The lowest BCUT2D eigenvalue weighted by molar-refractivity contribution is -0.131. The summed E-state index contributed by atoms with van der Waals surface area (Å²) in [6.07, 6.45) is 4.16. The lowest BCUT2D eigenvalue weighted by Crippen LogP contribution is -2.46. The van der Waals surface area contributed by atoms with Crippen LogP contribution in [0, 0.1) is 6.92 Å². The fraction of sp³-hybridized carbons (Fsp3) is 0.409. The quantitative estimate of drug-likeness (QED) is 0.829. The van der Waals surface area contributed by atoms with Crippen LogP contribution in [-0.4, -0.2) is 53.4 Å². The van der Waals surface area contributed by atoms with Crippen molar-refractivity contribution in [3.63, 3.8) is 0 Å². The number of hydrogen-bond acceptors (Lipinski definition) is 5. The van der Waals surface area contributed by atoms with Gasteiger partial charge in [-0.25, -0.2) is 4.98 Å². The number of nitrogen functional groups attached to an aromatic ring is 1. The van der Waals surface area contributed by atoms with E-state index in [1.807, 2.05) is 30.0 Å². The fourth-order valence-electron chi connectivity index (χ4n) is 4.32. The number of aryl methyl sites for hydroxylation is 1. The van der Waals surface area contributed by atoms with Crippen LogP contribution in [0.25, 0.3) is 0 Å². The highest BCUT2D eigenvalue weighted by molar-refractivity contribution is 5.96. The number of nitrogens with one attached hydrogen (secondary N) is 1. The van der Waals surface area contributed by atoms with Crippen LogP contribution in [0.4, 0.5) is 11.5 Å². The van der Waals surface area contributed by atoms with Gasteiger partial charge in [-0.2, -0.15) is 0 Å². The van der Waals surface area contributed by atoms with Crippen molar-refractivity contribution in [3.05, 3.63) is 53.7 Å². The van der Waals surface area contributed by atoms with Crippen molar-refractivity contribution in [2.75, 3.05) is 30.3 Å². The third-order valence-electron chi connectivity index (χ3n) is 5.84. The van der Waals surface area contributed by atoms with E-state index in [9.17, 15) is 9.59 Å². The first-order valence-corrected chi connectivity index (χ1v) is 10.2. The molecule has 2 aliphatic heterocycles. The summed E-state index contributed by atoms with van der Waals surface area (Å²) in [7, 11) is 0. The van der Waals surface area contributed by atoms with Crippen LogP contribution in [0.2, 0.25) is 0 Å². The predicted molar refractivity (Wildman–Crippen MR) is 113 cm³/mol. The van der Waals surface area contributed by atoms with E-state index in [-0.39, 0.29) is 23.9 Å². The van der Waals surface area contributed by atoms with Gasteiger partial charge in [0.15, 0.2) is 0 Å². The monoisotopic (exact) mass is 393 g/mol. The number of hydrogen-bond donors (Lipinski definition) is 2. The average molecular weight is 393 g/mol. The zero-order chi connectivity index (χ0) is 20.4. The zero-order valence-corrected chi connectivity index (χ0v) is 16.7. The van der Waals surface area contributed by atoms with Gasteiger partial charge in [0.1, 0.15) is 11.9 Å². The summed E-state index contributed by atoms with van der Waals surface area (Å²) in [6, 6.07) is 11.6. The topological polar surface area (TPSA) is 91.6 Å². The van der Waals surface area contributed by atoms with E-state index in [2.05, 4.69) is 27.3 Å². The van der Waals surface area contributed by atoms with E-state index in [0.29, 0.717) is 24.5 Å². The Morgan fingerprint density at radius 1 is 1.17 bits per heavy atom. The molecule has 2 aromatic rings. The van der Waals surface area contributed by atoms with Gasteiger partial charge in [0.25, 0.3) is 5.91 Å². The van der Waals surface area contributed by atoms with E-state index in [1.165, 1.54) is 6.20 Å². The second-order valence-corrected chi connectivity index (χ2v) is 7.85. The first-order valence-electron chi connectivity index (χ1n) is 10.2. The third-order valence-corrected chi connectivity index (χ3v) is 5.84. The molecule has 0 saturated carbocycles. The summed E-state index contributed by atoms with van der Waals surface area (Å²) in [6.45, 7) is 3.96. The van der Waals surface area contributed by atoms with Crippen molar-refractivity contribution in [1.29, 1.82) is 0 Å². The van der Waals surface area contributed by atoms with E-state index < -0.39 is 0 Å². The molecule has 2 saturated heterocycles. The molecule has 2 aliphatic rings. The molecule has 2 amide bonds. The summed E-state index contributed by atoms with van der Waals surface area (Å²) in [4.78, 5) is 33.9. The second kappa shape index (κ2) is 8.11. The molecule has 152 valence electrons. The van der Waals surface area contributed by atoms with Gasteiger partial charge < -0.3 is 20.9 Å². The standard InChI is InChI=1S/C22H27N5O2/c1-15-12-20(23)24-13-18(15)21(28)25-16-9-11-26(14-16)22(29)19-8-5-10-27(19)17-6-3-2-4-7-17/h2-4,6-7,12-13,16,19H,5,8-11,14H2,1H3,(H2,23,24)(H,25,28)/t16-,19?/m1/s1. The van der Waals surface area contributed by atoms with Crippen molar-refractivity contribution in [3.8, 4) is 0 Å². The van der Waals surface area contributed by atoms with Crippen LogP contribution in [0.3, 0.4) is 0 Å². The van der Waals surface area contributed by atoms with E-state index in [4.69, 9.17) is 5.73 Å². The molecule has 1 aromatic carbocycles. The lowest BCUT2D eigenvalue weighted by Gasteiger charge is -2.29. The van der Waals surface area contributed by atoms with Crippen LogP contribution in [0.1, 0.15) is 35.2 Å².